The topological polar surface area (TPSA) is 29.9 Å². The Bertz CT molecular complexity index is 1680. The molecule has 4 heteroatoms. The summed E-state index contributed by atoms with van der Waals surface area (Å²) in [5.41, 5.74) is 4.35. The highest BCUT2D eigenvalue weighted by atomic mass is 19.1. The molecule has 3 aromatic heterocycles. The van der Waals surface area contributed by atoms with Crippen LogP contribution in [0.15, 0.2) is 71.3 Å². The first-order valence-corrected chi connectivity index (χ1v) is 9.82. The van der Waals surface area contributed by atoms with Crippen LogP contribution in [0.4, 0.5) is 4.39 Å². The highest BCUT2D eigenvalue weighted by Gasteiger charge is 2.22. The van der Waals surface area contributed by atoms with Crippen LogP contribution in [0.5, 0.6) is 0 Å². The van der Waals surface area contributed by atoms with Gasteiger partial charge in [0.05, 0.1) is 5.56 Å². The lowest BCUT2D eigenvalue weighted by Gasteiger charge is -2.08. The summed E-state index contributed by atoms with van der Waals surface area (Å²) >= 11 is 0. The lowest BCUT2D eigenvalue weighted by Crippen LogP contribution is -2.30. The van der Waals surface area contributed by atoms with E-state index in [2.05, 4.69) is 4.98 Å². The number of benzene rings is 2. The third kappa shape index (κ3) is 3.28. The molecule has 2 aromatic carbocycles. The normalized spacial score (nSPS) is 16.2. The van der Waals surface area contributed by atoms with Crippen LogP contribution in [0.2, 0.25) is 0 Å². The molecular weight excluding hydrogens is 387 g/mol. The van der Waals surface area contributed by atoms with Crippen molar-refractivity contribution in [3.63, 3.8) is 0 Å². The van der Waals surface area contributed by atoms with E-state index in [1.807, 2.05) is 49.0 Å². The van der Waals surface area contributed by atoms with Crippen LogP contribution in [0.1, 0.15) is 40.5 Å². The van der Waals surface area contributed by atoms with Gasteiger partial charge in [0.2, 0.25) is 11.4 Å². The molecule has 154 valence electrons. The van der Waals surface area contributed by atoms with Gasteiger partial charge in [-0.3, -0.25) is 0 Å². The summed E-state index contributed by atoms with van der Waals surface area (Å²) in [6, 6.07) is 16.8. The molecule has 0 aliphatic rings. The van der Waals surface area contributed by atoms with Crippen LogP contribution in [0, 0.1) is 12.7 Å². The maximum absolute atomic E-state index is 13.5. The third-order valence-corrected chi connectivity index (χ3v) is 5.55. The minimum Gasteiger partial charge on any atom is -0.437 e. The van der Waals surface area contributed by atoms with Gasteiger partial charge in [-0.25, -0.2) is 13.9 Å². The monoisotopic (exact) mass is 418 g/mol. The molecule has 5 rings (SSSR count). The van der Waals surface area contributed by atoms with E-state index in [0.717, 1.165) is 27.9 Å². The molecule has 0 aliphatic heterocycles. The fourth-order valence-electron chi connectivity index (χ4n) is 3.92. The van der Waals surface area contributed by atoms with E-state index < -0.39 is 25.3 Å². The molecule has 0 amide bonds. The summed E-state index contributed by atoms with van der Waals surface area (Å²) in [5.74, 6) is -3.25. The molecule has 0 unspecified atom stereocenters. The summed E-state index contributed by atoms with van der Waals surface area (Å²) in [6.45, 7) is -4.37. The van der Waals surface area contributed by atoms with E-state index in [0.29, 0.717) is 16.4 Å². The van der Waals surface area contributed by atoms with Crippen LogP contribution in [-0.4, -0.2) is 4.98 Å². The molecule has 31 heavy (non-hydrogen) atoms. The standard InChI is InChI=1S/C27H24FN2O/c1-16(2)23-12-11-22-21-10-5-17(3)25(26(21)31-27(22)29-23)24-15-19(13-14-30(24)4)18-6-8-20(28)9-7-18/h5-16H,1-4H3/q+1/i1D3,2D3,16D. The van der Waals surface area contributed by atoms with Crippen LogP contribution in [0.3, 0.4) is 0 Å². The van der Waals surface area contributed by atoms with E-state index >= 15 is 0 Å². The minimum absolute atomic E-state index is 0.0480. The van der Waals surface area contributed by atoms with Crippen molar-refractivity contribution in [3.8, 4) is 22.4 Å². The van der Waals surface area contributed by atoms with Gasteiger partial charge in [0.25, 0.3) is 0 Å². The largest absolute Gasteiger partial charge is 0.437 e. The number of rotatable bonds is 3. The molecule has 5 aromatic rings. The zero-order valence-electron chi connectivity index (χ0n) is 24.0. The van der Waals surface area contributed by atoms with E-state index in [9.17, 15) is 4.39 Å². The summed E-state index contributed by atoms with van der Waals surface area (Å²) in [5, 5.41) is 1.28. The highest BCUT2D eigenvalue weighted by molar-refractivity contribution is 6.08. The molecule has 0 saturated heterocycles. The third-order valence-electron chi connectivity index (χ3n) is 5.55. The van der Waals surface area contributed by atoms with Gasteiger partial charge in [0, 0.05) is 38.2 Å². The molecule has 0 bridgehead atoms. The first-order chi connectivity index (χ1) is 17.7. The lowest BCUT2D eigenvalue weighted by atomic mass is 9.98. The number of halogens is 1. The lowest BCUT2D eigenvalue weighted by molar-refractivity contribution is -0.660. The van der Waals surface area contributed by atoms with E-state index in [1.54, 1.807) is 18.2 Å². The van der Waals surface area contributed by atoms with Gasteiger partial charge < -0.3 is 4.42 Å². The number of hydrogen-bond acceptors (Lipinski definition) is 2. The van der Waals surface area contributed by atoms with Crippen molar-refractivity contribution in [2.75, 3.05) is 0 Å². The molecule has 0 N–H and O–H groups in total. The Labute approximate surface area is 190 Å². The smallest absolute Gasteiger partial charge is 0.227 e. The van der Waals surface area contributed by atoms with Crippen molar-refractivity contribution in [1.82, 2.24) is 4.98 Å². The number of pyridine rings is 2. The fraction of sp³-hybridized carbons (Fsp3) is 0.185. The molecule has 3 nitrogen and oxygen atoms in total. The minimum atomic E-state index is -3.15. The summed E-state index contributed by atoms with van der Waals surface area (Å²) in [4.78, 5) is 4.26. The molecular formula is C27H24FN2O+. The summed E-state index contributed by atoms with van der Waals surface area (Å²) in [7, 11) is 1.89. The van der Waals surface area contributed by atoms with Crippen molar-refractivity contribution in [3.05, 3.63) is 83.9 Å². The van der Waals surface area contributed by atoms with E-state index in [-0.39, 0.29) is 11.5 Å². The molecule has 0 aliphatic carbocycles. The Morgan fingerprint density at radius 3 is 2.55 bits per heavy atom. The van der Waals surface area contributed by atoms with Gasteiger partial charge in [0.1, 0.15) is 12.9 Å². The summed E-state index contributed by atoms with van der Waals surface area (Å²) < 4.78 is 76.8. The maximum Gasteiger partial charge on any atom is 0.227 e. The zero-order chi connectivity index (χ0) is 27.6. The number of hydrogen-bond donors (Lipinski definition) is 0. The Hall–Kier alpha value is -3.53. The highest BCUT2D eigenvalue weighted by Crippen LogP contribution is 2.37. The van der Waals surface area contributed by atoms with Gasteiger partial charge in [-0.05, 0) is 53.8 Å². The molecule has 0 atom stereocenters. The van der Waals surface area contributed by atoms with Gasteiger partial charge in [-0.15, -0.1) is 0 Å². The van der Waals surface area contributed by atoms with Crippen molar-refractivity contribution in [2.24, 2.45) is 7.05 Å². The average molecular weight is 419 g/mol. The average Bonchev–Trinajstić information content (AvgIpc) is 3.21. The number of fused-ring (bicyclic) bond motifs is 3. The number of aryl methyl sites for hydroxylation is 2. The SMILES string of the molecule is [2H]C([2H])([2H])C([2H])(c1ccc2c(n1)oc1c(-c3cc(-c4ccc(F)cc4)cc[n+]3C)c(C)ccc12)C([2H])([2H])[2H]. The van der Waals surface area contributed by atoms with Crippen LogP contribution >= 0.6 is 0 Å². The second kappa shape index (κ2) is 7.31. The second-order valence-electron chi connectivity index (χ2n) is 7.58. The fourth-order valence-corrected chi connectivity index (χ4v) is 3.92. The van der Waals surface area contributed by atoms with Crippen molar-refractivity contribution >= 4 is 22.1 Å². The van der Waals surface area contributed by atoms with Gasteiger partial charge in [0.15, 0.2) is 11.8 Å². The maximum atomic E-state index is 13.5. The molecule has 0 saturated carbocycles. The molecule has 3 heterocycles. The van der Waals surface area contributed by atoms with Crippen LogP contribution in [0.25, 0.3) is 44.5 Å². The molecule has 0 spiro atoms. The zero-order valence-corrected chi connectivity index (χ0v) is 17.0. The molecule has 0 fully saturated rings. The number of aromatic nitrogens is 2. The van der Waals surface area contributed by atoms with Crippen molar-refractivity contribution in [2.45, 2.75) is 26.5 Å². The van der Waals surface area contributed by atoms with Gasteiger partial charge in [-0.2, -0.15) is 0 Å². The summed E-state index contributed by atoms with van der Waals surface area (Å²) in [6.07, 6.45) is 1.90. The van der Waals surface area contributed by atoms with Crippen LogP contribution in [-0.2, 0) is 7.05 Å². The molecule has 0 radical (unpaired) electrons. The Morgan fingerprint density at radius 1 is 1.00 bits per heavy atom. The Morgan fingerprint density at radius 2 is 1.77 bits per heavy atom. The van der Waals surface area contributed by atoms with Crippen molar-refractivity contribution in [1.29, 1.82) is 0 Å². The predicted molar refractivity (Wildman–Crippen MR) is 122 cm³/mol. The first kappa shape index (κ1) is 13.0. The number of furan rings is 1. The number of nitrogens with zero attached hydrogens (tertiary/aromatic N) is 2. The van der Waals surface area contributed by atoms with Gasteiger partial charge in [-0.1, -0.05) is 38.0 Å². The van der Waals surface area contributed by atoms with Crippen LogP contribution < -0.4 is 4.57 Å². The first-order valence-electron chi connectivity index (χ1n) is 13.3. The second-order valence-corrected chi connectivity index (χ2v) is 7.58. The van der Waals surface area contributed by atoms with E-state index in [4.69, 9.17) is 14.0 Å². The van der Waals surface area contributed by atoms with E-state index in [1.165, 1.54) is 18.2 Å². The van der Waals surface area contributed by atoms with Crippen molar-refractivity contribution < 1.29 is 23.0 Å². The van der Waals surface area contributed by atoms with Gasteiger partial charge >= 0.3 is 0 Å². The quantitative estimate of drug-likeness (QED) is 0.305. The predicted octanol–water partition coefficient (Wildman–Crippen LogP) is 6.71. The Kier molecular flexibility index (Phi) is 3.07. The Balaban J connectivity index is 1.74.